The van der Waals surface area contributed by atoms with Crippen molar-refractivity contribution in [3.05, 3.63) is 46.3 Å². The number of aryl methyl sites for hydroxylation is 4. The molecule has 0 bridgehead atoms. The first-order chi connectivity index (χ1) is 14.4. The van der Waals surface area contributed by atoms with Crippen LogP contribution in [0.5, 0.6) is 0 Å². The summed E-state index contributed by atoms with van der Waals surface area (Å²) in [5.41, 5.74) is 3.92. The maximum atomic E-state index is 13.1. The van der Waals surface area contributed by atoms with Crippen molar-refractivity contribution < 1.29 is 22.5 Å². The Morgan fingerprint density at radius 3 is 2.53 bits per heavy atom. The van der Waals surface area contributed by atoms with Gasteiger partial charge in [0.1, 0.15) is 12.4 Å². The number of hydrogen-bond acceptors (Lipinski definition) is 6. The fraction of sp³-hybridized carbons (Fsp3) is 0.545. The van der Waals surface area contributed by atoms with Crippen molar-refractivity contribution in [3.8, 4) is 0 Å². The predicted octanol–water partition coefficient (Wildman–Crippen LogP) is 3.31. The van der Waals surface area contributed by atoms with E-state index in [0.717, 1.165) is 30.4 Å². The van der Waals surface area contributed by atoms with Crippen LogP contribution in [-0.4, -0.2) is 36.9 Å². The second kappa shape index (κ2) is 8.51. The Kier molecular flexibility index (Phi) is 5.97. The summed E-state index contributed by atoms with van der Waals surface area (Å²) in [6.45, 7) is 4.37. The number of carbonyl (C=O) groups excluding carboxylic acids is 1. The molecule has 0 atom stereocenters. The van der Waals surface area contributed by atoms with Gasteiger partial charge in [-0.1, -0.05) is 11.2 Å². The summed E-state index contributed by atoms with van der Waals surface area (Å²) in [6, 6.07) is 5.53. The highest BCUT2D eigenvalue weighted by molar-refractivity contribution is 7.89. The van der Waals surface area contributed by atoms with E-state index in [2.05, 4.69) is 5.16 Å². The fourth-order valence-corrected chi connectivity index (χ4v) is 5.84. The van der Waals surface area contributed by atoms with Gasteiger partial charge in [-0.05, 0) is 75.6 Å². The van der Waals surface area contributed by atoms with Gasteiger partial charge < -0.3 is 9.26 Å². The number of esters is 1. The molecule has 2 heterocycles. The van der Waals surface area contributed by atoms with E-state index < -0.39 is 10.0 Å². The molecule has 1 aromatic carbocycles. The molecule has 1 aliphatic heterocycles. The van der Waals surface area contributed by atoms with Gasteiger partial charge in [-0.2, -0.15) is 4.31 Å². The van der Waals surface area contributed by atoms with Gasteiger partial charge in [-0.25, -0.2) is 8.42 Å². The summed E-state index contributed by atoms with van der Waals surface area (Å²) in [7, 11) is -3.54. The number of fused-ring (bicyclic) bond motifs is 1. The molecular formula is C22H28N2O5S. The number of piperidine rings is 1. The van der Waals surface area contributed by atoms with Crippen molar-refractivity contribution in [1.29, 1.82) is 0 Å². The lowest BCUT2D eigenvalue weighted by Gasteiger charge is -2.30. The van der Waals surface area contributed by atoms with Crippen LogP contribution in [0.4, 0.5) is 0 Å². The van der Waals surface area contributed by atoms with Crippen LogP contribution in [-0.2, 0) is 39.0 Å². The highest BCUT2D eigenvalue weighted by atomic mass is 32.2. The van der Waals surface area contributed by atoms with Crippen LogP contribution >= 0.6 is 0 Å². The second-order valence-corrected chi connectivity index (χ2v) is 10.2. The summed E-state index contributed by atoms with van der Waals surface area (Å²) in [6.07, 6.45) is 5.17. The Labute approximate surface area is 177 Å². The van der Waals surface area contributed by atoms with Crippen molar-refractivity contribution >= 4 is 16.0 Å². The van der Waals surface area contributed by atoms with Gasteiger partial charge in [-0.3, -0.25) is 4.79 Å². The van der Waals surface area contributed by atoms with E-state index in [1.54, 1.807) is 13.0 Å². The van der Waals surface area contributed by atoms with Crippen LogP contribution in [0, 0.1) is 19.8 Å². The zero-order valence-electron chi connectivity index (χ0n) is 17.5. The first-order valence-corrected chi connectivity index (χ1v) is 12.0. The minimum atomic E-state index is -3.54. The van der Waals surface area contributed by atoms with E-state index in [-0.39, 0.29) is 18.5 Å². The summed E-state index contributed by atoms with van der Waals surface area (Å²) < 4.78 is 38.2. The fourth-order valence-electron chi connectivity index (χ4n) is 4.32. The highest BCUT2D eigenvalue weighted by Crippen LogP contribution is 2.28. The molecule has 8 heteroatoms. The average Bonchev–Trinajstić information content (AvgIpc) is 3.09. The molecule has 0 spiro atoms. The van der Waals surface area contributed by atoms with Crippen LogP contribution in [0.25, 0.3) is 0 Å². The number of nitrogens with zero attached hydrogens (tertiary/aromatic N) is 2. The number of aromatic nitrogens is 1. The van der Waals surface area contributed by atoms with Crippen LogP contribution in [0.1, 0.15) is 53.8 Å². The Morgan fingerprint density at radius 1 is 1.17 bits per heavy atom. The Balaban J connectivity index is 1.36. The molecule has 0 amide bonds. The van der Waals surface area contributed by atoms with Crippen LogP contribution in [0.3, 0.4) is 0 Å². The van der Waals surface area contributed by atoms with Gasteiger partial charge in [-0.15, -0.1) is 0 Å². The zero-order chi connectivity index (χ0) is 21.3. The van der Waals surface area contributed by atoms with E-state index in [0.29, 0.717) is 42.3 Å². The second-order valence-electron chi connectivity index (χ2n) is 8.23. The molecule has 1 fully saturated rings. The van der Waals surface area contributed by atoms with Gasteiger partial charge in [0, 0.05) is 13.1 Å². The van der Waals surface area contributed by atoms with Gasteiger partial charge >= 0.3 is 5.97 Å². The standard InChI is InChI=1S/C22H28N2O5S/c1-15-21(16(2)29-23-15)14-28-22(25)18-9-11-24(12-10-18)30(26,27)20-8-7-17-5-3-4-6-19(17)13-20/h7-8,13,18H,3-6,9-12,14H2,1-2H3. The molecule has 30 heavy (non-hydrogen) atoms. The number of ether oxygens (including phenoxy) is 1. The minimum Gasteiger partial charge on any atom is -0.460 e. The third-order valence-corrected chi connectivity index (χ3v) is 8.18. The summed E-state index contributed by atoms with van der Waals surface area (Å²) in [5.74, 6) is 0.0625. The van der Waals surface area contributed by atoms with E-state index in [4.69, 9.17) is 9.26 Å². The average molecular weight is 433 g/mol. The summed E-state index contributed by atoms with van der Waals surface area (Å²) in [5, 5.41) is 3.86. The van der Waals surface area contributed by atoms with E-state index in [1.807, 2.05) is 19.1 Å². The van der Waals surface area contributed by atoms with Crippen LogP contribution in [0.15, 0.2) is 27.6 Å². The number of carbonyl (C=O) groups is 1. The van der Waals surface area contributed by atoms with Gasteiger partial charge in [0.2, 0.25) is 10.0 Å². The lowest BCUT2D eigenvalue weighted by Crippen LogP contribution is -2.40. The highest BCUT2D eigenvalue weighted by Gasteiger charge is 2.33. The van der Waals surface area contributed by atoms with Crippen molar-refractivity contribution in [1.82, 2.24) is 9.46 Å². The molecule has 1 aliphatic carbocycles. The molecule has 0 unspecified atom stereocenters. The maximum Gasteiger partial charge on any atom is 0.309 e. The molecule has 0 saturated carbocycles. The maximum absolute atomic E-state index is 13.1. The minimum absolute atomic E-state index is 0.133. The van der Waals surface area contributed by atoms with Crippen LogP contribution in [0.2, 0.25) is 0 Å². The lowest BCUT2D eigenvalue weighted by atomic mass is 9.92. The van der Waals surface area contributed by atoms with Crippen molar-refractivity contribution in [2.24, 2.45) is 5.92 Å². The summed E-state index contributed by atoms with van der Waals surface area (Å²) >= 11 is 0. The molecule has 2 aromatic rings. The third-order valence-electron chi connectivity index (χ3n) is 6.28. The normalized spacial score (nSPS) is 18.2. The Bertz CT molecular complexity index is 1020. The van der Waals surface area contributed by atoms with Gasteiger partial charge in [0.15, 0.2) is 0 Å². The Hall–Kier alpha value is -2.19. The van der Waals surface area contributed by atoms with E-state index >= 15 is 0 Å². The predicted molar refractivity (Wildman–Crippen MR) is 110 cm³/mol. The number of hydrogen-bond donors (Lipinski definition) is 0. The van der Waals surface area contributed by atoms with Crippen molar-refractivity contribution in [3.63, 3.8) is 0 Å². The first kappa shape index (κ1) is 21.1. The largest absolute Gasteiger partial charge is 0.460 e. The van der Waals surface area contributed by atoms with E-state index in [9.17, 15) is 13.2 Å². The quantitative estimate of drug-likeness (QED) is 0.674. The zero-order valence-corrected chi connectivity index (χ0v) is 18.3. The first-order valence-electron chi connectivity index (χ1n) is 10.6. The molecule has 1 aromatic heterocycles. The van der Waals surface area contributed by atoms with Crippen LogP contribution < -0.4 is 0 Å². The van der Waals surface area contributed by atoms with Gasteiger partial charge in [0.05, 0.1) is 22.1 Å². The monoisotopic (exact) mass is 432 g/mol. The van der Waals surface area contributed by atoms with Gasteiger partial charge in [0.25, 0.3) is 0 Å². The molecular weight excluding hydrogens is 404 g/mol. The third kappa shape index (κ3) is 4.16. The molecule has 7 nitrogen and oxygen atoms in total. The molecule has 0 radical (unpaired) electrons. The SMILES string of the molecule is Cc1noc(C)c1COC(=O)C1CCN(S(=O)(=O)c2ccc3c(c2)CCCC3)CC1. The molecule has 162 valence electrons. The smallest absolute Gasteiger partial charge is 0.309 e. The van der Waals surface area contributed by atoms with E-state index in [1.165, 1.54) is 16.3 Å². The lowest BCUT2D eigenvalue weighted by molar-refractivity contribution is -0.151. The molecule has 2 aliphatic rings. The molecule has 4 rings (SSSR count). The van der Waals surface area contributed by atoms with Crippen molar-refractivity contribution in [2.75, 3.05) is 13.1 Å². The topological polar surface area (TPSA) is 89.7 Å². The number of sulfonamides is 1. The summed E-state index contributed by atoms with van der Waals surface area (Å²) in [4.78, 5) is 12.8. The Morgan fingerprint density at radius 2 is 1.87 bits per heavy atom. The van der Waals surface area contributed by atoms with Crippen molar-refractivity contribution in [2.45, 2.75) is 63.9 Å². The number of rotatable bonds is 5. The molecule has 0 N–H and O–H groups in total. The number of benzene rings is 1. The molecule has 1 saturated heterocycles.